The van der Waals surface area contributed by atoms with Crippen LogP contribution in [0.4, 0.5) is 0 Å². The fourth-order valence-electron chi connectivity index (χ4n) is 2.70. The fourth-order valence-corrected chi connectivity index (χ4v) is 3.00. The summed E-state index contributed by atoms with van der Waals surface area (Å²) in [5.74, 6) is 0.254. The van der Waals surface area contributed by atoms with Crippen molar-refractivity contribution in [1.82, 2.24) is 10.2 Å². The Morgan fingerprint density at radius 3 is 2.73 bits per heavy atom. The van der Waals surface area contributed by atoms with Gasteiger partial charge in [0.1, 0.15) is 5.75 Å². The molecule has 1 heterocycles. The molecule has 0 radical (unpaired) electrons. The fraction of sp³-hybridized carbons (Fsp3) is 0.625. The number of aryl methyl sites for hydroxylation is 1. The highest BCUT2D eigenvalue weighted by Gasteiger charge is 2.25. The smallest absolute Gasteiger partial charge is 0.123 e. The number of β-amino-alcohol motifs (C(OH)–C–C–N with tert-alkyl or cyclic N) is 1. The minimum Gasteiger partial charge on any atom is -0.507 e. The molecular formula is C16H25ClN2O3. The van der Waals surface area contributed by atoms with Crippen LogP contribution in [0.3, 0.4) is 0 Å². The second-order valence-electron chi connectivity index (χ2n) is 6.22. The molecule has 1 unspecified atom stereocenters. The molecule has 6 heteroatoms. The quantitative estimate of drug-likeness (QED) is 0.739. The van der Waals surface area contributed by atoms with Gasteiger partial charge in [0, 0.05) is 43.3 Å². The number of ether oxygens (including phenoxy) is 1. The van der Waals surface area contributed by atoms with Crippen LogP contribution in [0.2, 0.25) is 5.02 Å². The van der Waals surface area contributed by atoms with Gasteiger partial charge in [0.2, 0.25) is 0 Å². The zero-order valence-corrected chi connectivity index (χ0v) is 14.0. The lowest BCUT2D eigenvalue weighted by atomic mass is 10.1. The number of aromatic hydroxyl groups is 1. The van der Waals surface area contributed by atoms with Crippen molar-refractivity contribution in [2.24, 2.45) is 0 Å². The van der Waals surface area contributed by atoms with Gasteiger partial charge in [-0.1, -0.05) is 11.6 Å². The van der Waals surface area contributed by atoms with Crippen LogP contribution in [0.1, 0.15) is 18.1 Å². The summed E-state index contributed by atoms with van der Waals surface area (Å²) in [6, 6.07) is 3.47. The highest BCUT2D eigenvalue weighted by atomic mass is 35.5. The first-order valence-corrected chi connectivity index (χ1v) is 7.96. The first-order valence-electron chi connectivity index (χ1n) is 7.58. The number of nitrogens with one attached hydrogen (secondary N) is 1. The monoisotopic (exact) mass is 328 g/mol. The lowest BCUT2D eigenvalue weighted by Crippen LogP contribution is -2.50. The van der Waals surface area contributed by atoms with Crippen molar-refractivity contribution in [3.05, 3.63) is 28.3 Å². The van der Waals surface area contributed by atoms with E-state index in [9.17, 15) is 10.2 Å². The highest BCUT2D eigenvalue weighted by molar-refractivity contribution is 6.30. The second-order valence-corrected chi connectivity index (χ2v) is 6.66. The third-order valence-corrected chi connectivity index (χ3v) is 4.05. The molecule has 1 atom stereocenters. The molecule has 1 aliphatic rings. The number of nitrogens with zero attached hydrogens (tertiary/aromatic N) is 1. The van der Waals surface area contributed by atoms with Crippen molar-refractivity contribution >= 4 is 11.6 Å². The first kappa shape index (κ1) is 17.5. The van der Waals surface area contributed by atoms with E-state index < -0.39 is 5.60 Å². The molecule has 1 aromatic carbocycles. The van der Waals surface area contributed by atoms with Crippen LogP contribution < -0.4 is 5.32 Å². The molecule has 1 aromatic rings. The zero-order chi connectivity index (χ0) is 16.2. The van der Waals surface area contributed by atoms with E-state index in [0.29, 0.717) is 24.7 Å². The number of hydrogen-bond donors (Lipinski definition) is 3. The molecule has 0 amide bonds. The van der Waals surface area contributed by atoms with E-state index in [1.54, 1.807) is 12.1 Å². The van der Waals surface area contributed by atoms with E-state index in [-0.39, 0.29) is 5.75 Å². The molecule has 2 rings (SSSR count). The Balaban J connectivity index is 1.84. The van der Waals surface area contributed by atoms with Crippen LogP contribution >= 0.6 is 11.6 Å². The summed E-state index contributed by atoms with van der Waals surface area (Å²) in [4.78, 5) is 2.20. The van der Waals surface area contributed by atoms with Crippen LogP contribution in [-0.4, -0.2) is 60.1 Å². The van der Waals surface area contributed by atoms with Gasteiger partial charge in [-0.05, 0) is 31.5 Å². The maximum atomic E-state index is 10.5. The zero-order valence-electron chi connectivity index (χ0n) is 13.2. The number of hydrogen-bond acceptors (Lipinski definition) is 5. The van der Waals surface area contributed by atoms with Crippen molar-refractivity contribution < 1.29 is 14.9 Å². The number of aliphatic hydroxyl groups is 1. The van der Waals surface area contributed by atoms with Crippen molar-refractivity contribution in [2.45, 2.75) is 26.0 Å². The number of morpholine rings is 1. The third-order valence-electron chi connectivity index (χ3n) is 3.83. The van der Waals surface area contributed by atoms with E-state index in [1.165, 1.54) is 0 Å². The van der Waals surface area contributed by atoms with E-state index in [2.05, 4.69) is 10.2 Å². The first-order chi connectivity index (χ1) is 10.4. The number of rotatable bonds is 6. The van der Waals surface area contributed by atoms with Gasteiger partial charge < -0.3 is 20.3 Å². The van der Waals surface area contributed by atoms with E-state index in [0.717, 1.165) is 37.4 Å². The summed E-state index contributed by atoms with van der Waals surface area (Å²) in [6.45, 7) is 8.29. The topological polar surface area (TPSA) is 65.0 Å². The Labute approximate surface area is 136 Å². The summed E-state index contributed by atoms with van der Waals surface area (Å²) < 4.78 is 5.31. The molecule has 0 spiro atoms. The Hall–Kier alpha value is -0.850. The lowest BCUT2D eigenvalue weighted by molar-refractivity contribution is -0.0219. The third kappa shape index (κ3) is 5.11. The van der Waals surface area contributed by atoms with E-state index in [1.807, 2.05) is 13.8 Å². The van der Waals surface area contributed by atoms with Gasteiger partial charge in [-0.3, -0.25) is 4.90 Å². The van der Waals surface area contributed by atoms with Gasteiger partial charge in [0.05, 0.1) is 18.8 Å². The number of halogens is 1. The molecule has 3 N–H and O–H groups in total. The van der Waals surface area contributed by atoms with Gasteiger partial charge in [-0.2, -0.15) is 0 Å². The Morgan fingerprint density at radius 1 is 1.36 bits per heavy atom. The molecular weight excluding hydrogens is 304 g/mol. The molecule has 1 fully saturated rings. The Kier molecular flexibility index (Phi) is 6.06. The number of benzene rings is 1. The average Bonchev–Trinajstić information content (AvgIpc) is 2.44. The van der Waals surface area contributed by atoms with Crippen LogP contribution in [0, 0.1) is 6.92 Å². The molecule has 22 heavy (non-hydrogen) atoms. The largest absolute Gasteiger partial charge is 0.507 e. The molecule has 5 nitrogen and oxygen atoms in total. The van der Waals surface area contributed by atoms with Gasteiger partial charge in [-0.25, -0.2) is 0 Å². The van der Waals surface area contributed by atoms with Gasteiger partial charge in [0.15, 0.2) is 0 Å². The Morgan fingerprint density at radius 2 is 2.05 bits per heavy atom. The standard InChI is InChI=1S/C16H25ClN2O3/c1-12-7-14(17)8-13(15(12)20)9-18-10-16(2,21)11-19-3-5-22-6-4-19/h7-8,18,20-21H,3-6,9-11H2,1-2H3. The summed E-state index contributed by atoms with van der Waals surface area (Å²) in [6.07, 6.45) is 0. The molecule has 0 aromatic heterocycles. The SMILES string of the molecule is Cc1cc(Cl)cc(CNCC(C)(O)CN2CCOCC2)c1O. The highest BCUT2D eigenvalue weighted by Crippen LogP contribution is 2.26. The maximum absolute atomic E-state index is 10.5. The maximum Gasteiger partial charge on any atom is 0.123 e. The minimum absolute atomic E-state index is 0.254. The summed E-state index contributed by atoms with van der Waals surface area (Å²) in [7, 11) is 0. The second kappa shape index (κ2) is 7.62. The van der Waals surface area contributed by atoms with E-state index >= 15 is 0 Å². The predicted octanol–water partition coefficient (Wildman–Crippen LogP) is 1.53. The molecule has 124 valence electrons. The lowest BCUT2D eigenvalue weighted by Gasteiger charge is -2.34. The molecule has 0 saturated carbocycles. The van der Waals surface area contributed by atoms with Crippen LogP contribution in [-0.2, 0) is 11.3 Å². The molecule has 0 aliphatic carbocycles. The summed E-state index contributed by atoms with van der Waals surface area (Å²) in [5.41, 5.74) is 0.664. The number of phenolic OH excluding ortho intramolecular Hbond substituents is 1. The van der Waals surface area contributed by atoms with Gasteiger partial charge in [0.25, 0.3) is 0 Å². The molecule has 0 bridgehead atoms. The number of phenols is 1. The van der Waals surface area contributed by atoms with Gasteiger partial charge >= 0.3 is 0 Å². The summed E-state index contributed by atoms with van der Waals surface area (Å²) >= 11 is 6.01. The van der Waals surface area contributed by atoms with Crippen molar-refractivity contribution in [1.29, 1.82) is 0 Å². The minimum atomic E-state index is -0.833. The van der Waals surface area contributed by atoms with Crippen molar-refractivity contribution in [3.63, 3.8) is 0 Å². The summed E-state index contributed by atoms with van der Waals surface area (Å²) in [5, 5.41) is 24.3. The van der Waals surface area contributed by atoms with Crippen LogP contribution in [0.15, 0.2) is 12.1 Å². The van der Waals surface area contributed by atoms with Crippen molar-refractivity contribution in [3.8, 4) is 5.75 Å². The Bertz CT molecular complexity index is 502. The van der Waals surface area contributed by atoms with Crippen LogP contribution in [0.5, 0.6) is 5.75 Å². The molecule has 1 aliphatic heterocycles. The van der Waals surface area contributed by atoms with Crippen molar-refractivity contribution in [2.75, 3.05) is 39.4 Å². The normalized spacial score (nSPS) is 19.1. The average molecular weight is 329 g/mol. The van der Waals surface area contributed by atoms with Gasteiger partial charge in [-0.15, -0.1) is 0 Å². The van der Waals surface area contributed by atoms with E-state index in [4.69, 9.17) is 16.3 Å². The predicted molar refractivity (Wildman–Crippen MR) is 87.4 cm³/mol. The molecule has 1 saturated heterocycles. The van der Waals surface area contributed by atoms with Crippen LogP contribution in [0.25, 0.3) is 0 Å².